The largest absolute Gasteiger partial charge is 0.348 e. The third kappa shape index (κ3) is 3.30. The zero-order valence-corrected chi connectivity index (χ0v) is 19.0. The molecule has 1 aromatic carbocycles. The summed E-state index contributed by atoms with van der Waals surface area (Å²) in [5.74, 6) is 0.531. The fourth-order valence-corrected chi connectivity index (χ4v) is 7.88. The van der Waals surface area contributed by atoms with Crippen molar-refractivity contribution in [1.29, 1.82) is 0 Å². The first-order chi connectivity index (χ1) is 13.6. The number of hydrogen-bond donors (Lipinski definition) is 0. The van der Waals surface area contributed by atoms with Crippen LogP contribution in [-0.4, -0.2) is 75.8 Å². The average Bonchev–Trinajstić information content (AvgIpc) is 3.16. The summed E-state index contributed by atoms with van der Waals surface area (Å²) in [4.78, 5) is 17.4. The summed E-state index contributed by atoms with van der Waals surface area (Å²) < 4.78 is 27.8. The first-order valence-corrected chi connectivity index (χ1v) is 12.1. The molecule has 0 unspecified atom stereocenters. The molecule has 2 atom stereocenters. The molecule has 160 valence electrons. The van der Waals surface area contributed by atoms with Crippen molar-refractivity contribution in [1.82, 2.24) is 14.1 Å². The molecule has 1 aromatic rings. The van der Waals surface area contributed by atoms with E-state index in [0.29, 0.717) is 24.0 Å². The number of benzene rings is 1. The zero-order chi connectivity index (χ0) is 21.0. The Kier molecular flexibility index (Phi) is 5.25. The minimum atomic E-state index is -3.55. The number of piperidine rings is 1. The van der Waals surface area contributed by atoms with E-state index < -0.39 is 10.0 Å². The minimum Gasteiger partial charge on any atom is -0.348 e. The number of carbonyl (C=O) groups is 1. The highest BCUT2D eigenvalue weighted by Crippen LogP contribution is 2.62. The first-order valence-electron chi connectivity index (χ1n) is 10.3. The van der Waals surface area contributed by atoms with Crippen LogP contribution in [0.4, 0.5) is 0 Å². The van der Waals surface area contributed by atoms with Crippen molar-refractivity contribution < 1.29 is 13.2 Å². The van der Waals surface area contributed by atoms with Crippen LogP contribution < -0.4 is 0 Å². The average molecular weight is 440 g/mol. The van der Waals surface area contributed by atoms with Crippen LogP contribution in [0.1, 0.15) is 25.7 Å². The van der Waals surface area contributed by atoms with Gasteiger partial charge in [0.15, 0.2) is 0 Å². The second-order valence-corrected chi connectivity index (χ2v) is 11.7. The van der Waals surface area contributed by atoms with E-state index in [1.807, 2.05) is 14.1 Å². The number of rotatable bonds is 3. The van der Waals surface area contributed by atoms with Gasteiger partial charge in [0.25, 0.3) is 0 Å². The number of likely N-dealkylation sites (tertiary alicyclic amines) is 1. The second kappa shape index (κ2) is 7.22. The van der Waals surface area contributed by atoms with E-state index in [0.717, 1.165) is 38.8 Å². The monoisotopic (exact) mass is 439 g/mol. The predicted molar refractivity (Wildman–Crippen MR) is 113 cm³/mol. The van der Waals surface area contributed by atoms with Gasteiger partial charge >= 0.3 is 0 Å². The summed E-state index contributed by atoms with van der Waals surface area (Å²) in [5.41, 5.74) is -0.261. The van der Waals surface area contributed by atoms with Crippen molar-refractivity contribution in [2.24, 2.45) is 16.7 Å². The maximum atomic E-state index is 13.1. The molecule has 1 spiro atoms. The molecule has 2 aliphatic heterocycles. The Balaban J connectivity index is 1.56. The number of nitrogens with zero attached hydrogens (tertiary/aromatic N) is 3. The van der Waals surface area contributed by atoms with E-state index in [-0.39, 0.29) is 21.6 Å². The maximum Gasteiger partial charge on any atom is 0.243 e. The van der Waals surface area contributed by atoms with Gasteiger partial charge in [0.05, 0.1) is 10.3 Å². The van der Waals surface area contributed by atoms with Crippen molar-refractivity contribution in [3.05, 3.63) is 29.3 Å². The number of fused-ring (bicyclic) bond motifs is 2. The summed E-state index contributed by atoms with van der Waals surface area (Å²) >= 11 is 6.01. The van der Waals surface area contributed by atoms with Gasteiger partial charge in [-0.25, -0.2) is 8.42 Å². The maximum absolute atomic E-state index is 13.1. The Morgan fingerprint density at radius 3 is 2.48 bits per heavy atom. The van der Waals surface area contributed by atoms with Gasteiger partial charge in [-0.1, -0.05) is 17.7 Å². The fraction of sp³-hybridized carbons (Fsp3) is 0.667. The van der Waals surface area contributed by atoms with Crippen LogP contribution in [0.2, 0.25) is 5.02 Å². The van der Waals surface area contributed by atoms with E-state index in [1.54, 1.807) is 27.4 Å². The molecule has 1 aliphatic carbocycles. The van der Waals surface area contributed by atoms with E-state index in [9.17, 15) is 13.2 Å². The van der Waals surface area contributed by atoms with Gasteiger partial charge in [0, 0.05) is 45.3 Å². The van der Waals surface area contributed by atoms with Gasteiger partial charge in [-0.15, -0.1) is 0 Å². The molecule has 0 bridgehead atoms. The van der Waals surface area contributed by atoms with Crippen molar-refractivity contribution in [2.75, 3.05) is 47.3 Å². The highest BCUT2D eigenvalue weighted by atomic mass is 35.5. The molecule has 2 saturated heterocycles. The van der Waals surface area contributed by atoms with E-state index in [2.05, 4.69) is 11.9 Å². The van der Waals surface area contributed by atoms with Crippen LogP contribution in [-0.2, 0) is 14.8 Å². The van der Waals surface area contributed by atoms with Crippen LogP contribution in [0, 0.1) is 16.7 Å². The van der Waals surface area contributed by atoms with Gasteiger partial charge in [0.1, 0.15) is 0 Å². The van der Waals surface area contributed by atoms with Crippen molar-refractivity contribution in [3.63, 3.8) is 0 Å². The Hall–Kier alpha value is -1.15. The number of amides is 1. The molecule has 0 N–H and O–H groups in total. The molecule has 2 heterocycles. The lowest BCUT2D eigenvalue weighted by molar-refractivity contribution is -0.141. The van der Waals surface area contributed by atoms with E-state index >= 15 is 0 Å². The molecule has 29 heavy (non-hydrogen) atoms. The number of hydrogen-bond acceptors (Lipinski definition) is 4. The first kappa shape index (κ1) is 21.1. The Morgan fingerprint density at radius 2 is 1.86 bits per heavy atom. The molecule has 1 amide bonds. The van der Waals surface area contributed by atoms with Crippen LogP contribution >= 0.6 is 11.6 Å². The lowest BCUT2D eigenvalue weighted by Gasteiger charge is -2.44. The third-order valence-corrected chi connectivity index (χ3v) is 9.64. The SMILES string of the molecule is CN1C[C@H]2C3(CCN(S(=O)(=O)c4cccc(Cl)c4)CC3)CC[C@@]2(C(=O)N(C)C)C1. The summed E-state index contributed by atoms with van der Waals surface area (Å²) in [6.07, 6.45) is 3.54. The van der Waals surface area contributed by atoms with Crippen molar-refractivity contribution in [2.45, 2.75) is 30.6 Å². The lowest BCUT2D eigenvalue weighted by atomic mass is 9.66. The predicted octanol–water partition coefficient (Wildman–Crippen LogP) is 2.54. The summed E-state index contributed by atoms with van der Waals surface area (Å²) in [7, 11) is 2.24. The topological polar surface area (TPSA) is 60.9 Å². The Bertz CT molecular complexity index is 912. The number of sulfonamides is 1. The van der Waals surface area contributed by atoms with E-state index in [1.165, 1.54) is 6.07 Å². The minimum absolute atomic E-state index is 0.0524. The van der Waals surface area contributed by atoms with Gasteiger partial charge < -0.3 is 9.80 Å². The van der Waals surface area contributed by atoms with Crippen LogP contribution in [0.15, 0.2) is 29.2 Å². The second-order valence-electron chi connectivity index (χ2n) is 9.33. The number of carbonyl (C=O) groups excluding carboxylic acids is 1. The van der Waals surface area contributed by atoms with Crippen LogP contribution in [0.25, 0.3) is 0 Å². The molecule has 6 nitrogen and oxygen atoms in total. The summed E-state index contributed by atoms with van der Waals surface area (Å²) in [6, 6.07) is 6.48. The summed E-state index contributed by atoms with van der Waals surface area (Å²) in [6.45, 7) is 2.73. The molecule has 3 aliphatic rings. The molecule has 3 fully saturated rings. The molecule has 8 heteroatoms. The molecule has 1 saturated carbocycles. The van der Waals surface area contributed by atoms with Gasteiger partial charge in [-0.05, 0) is 62.3 Å². The van der Waals surface area contributed by atoms with Crippen LogP contribution in [0.5, 0.6) is 0 Å². The summed E-state index contributed by atoms with van der Waals surface area (Å²) in [5, 5.41) is 0.427. The molecule has 0 aromatic heterocycles. The lowest BCUT2D eigenvalue weighted by Crippen LogP contribution is -2.49. The third-order valence-electron chi connectivity index (χ3n) is 7.51. The van der Waals surface area contributed by atoms with Gasteiger partial charge in [-0.3, -0.25) is 4.79 Å². The van der Waals surface area contributed by atoms with Gasteiger partial charge in [0.2, 0.25) is 15.9 Å². The quantitative estimate of drug-likeness (QED) is 0.726. The van der Waals surface area contributed by atoms with Crippen molar-refractivity contribution in [3.8, 4) is 0 Å². The molecule has 0 radical (unpaired) electrons. The van der Waals surface area contributed by atoms with Gasteiger partial charge in [-0.2, -0.15) is 4.31 Å². The standard InChI is InChI=1S/C21H30ClN3O3S/c1-23(2)19(26)21-8-7-20(18(21)14-24(3)15-21)9-11-25(12-10-20)29(27,28)17-6-4-5-16(22)13-17/h4-6,13,18H,7-12,14-15H2,1-3H3/t18-,21+/m0/s1. The smallest absolute Gasteiger partial charge is 0.243 e. The van der Waals surface area contributed by atoms with E-state index in [4.69, 9.17) is 11.6 Å². The van der Waals surface area contributed by atoms with Crippen LogP contribution in [0.3, 0.4) is 0 Å². The Labute approximate surface area is 178 Å². The fourth-order valence-electron chi connectivity index (χ4n) is 6.14. The number of halogens is 1. The molecular formula is C21H30ClN3O3S. The zero-order valence-electron chi connectivity index (χ0n) is 17.4. The highest BCUT2D eigenvalue weighted by Gasteiger charge is 2.64. The molecular weight excluding hydrogens is 410 g/mol. The van der Waals surface area contributed by atoms with Crippen molar-refractivity contribution >= 4 is 27.5 Å². The molecule has 4 rings (SSSR count). The highest BCUT2D eigenvalue weighted by molar-refractivity contribution is 7.89. The Morgan fingerprint density at radius 1 is 1.17 bits per heavy atom. The normalized spacial score (nSPS) is 29.9.